The van der Waals surface area contributed by atoms with E-state index >= 15 is 0 Å². The zero-order chi connectivity index (χ0) is 15.2. The maximum atomic E-state index is 11.5. The van der Waals surface area contributed by atoms with Crippen LogP contribution in [0.25, 0.3) is 0 Å². The van der Waals surface area contributed by atoms with Crippen molar-refractivity contribution in [3.05, 3.63) is 28.3 Å². The van der Waals surface area contributed by atoms with Crippen molar-refractivity contribution in [3.63, 3.8) is 0 Å². The molecule has 116 valence electrons. The molecule has 0 spiro atoms. The number of nitro benzene ring substituents is 1. The van der Waals surface area contributed by atoms with Gasteiger partial charge in [0.1, 0.15) is 11.4 Å². The second kappa shape index (κ2) is 7.26. The number of nitrogens with zero attached hydrogens (tertiary/aromatic N) is 2. The van der Waals surface area contributed by atoms with Crippen molar-refractivity contribution in [3.8, 4) is 0 Å². The third kappa shape index (κ3) is 3.44. The fraction of sp³-hybridized carbons (Fsp3) is 0.600. The third-order valence-electron chi connectivity index (χ3n) is 3.96. The molecule has 1 heterocycles. The number of aliphatic hydroxyl groups is 1. The highest BCUT2D eigenvalue weighted by Gasteiger charge is 2.28. The van der Waals surface area contributed by atoms with Crippen LogP contribution < -0.4 is 10.2 Å². The average molecular weight is 293 g/mol. The molecule has 6 heteroatoms. The number of para-hydroxylation sites is 1. The highest BCUT2D eigenvalue weighted by Crippen LogP contribution is 2.37. The Morgan fingerprint density at radius 1 is 1.43 bits per heavy atom. The van der Waals surface area contributed by atoms with E-state index in [1.807, 2.05) is 17.9 Å². The summed E-state index contributed by atoms with van der Waals surface area (Å²) in [6, 6.07) is 5.31. The van der Waals surface area contributed by atoms with E-state index in [1.165, 1.54) is 0 Å². The molecule has 0 saturated carbocycles. The lowest BCUT2D eigenvalue weighted by molar-refractivity contribution is -0.383. The zero-order valence-electron chi connectivity index (χ0n) is 12.4. The number of nitrogens with one attached hydrogen (secondary N) is 1. The van der Waals surface area contributed by atoms with E-state index in [1.54, 1.807) is 12.1 Å². The van der Waals surface area contributed by atoms with Crippen LogP contribution >= 0.6 is 0 Å². The molecule has 1 saturated heterocycles. The molecule has 0 amide bonds. The molecule has 0 aliphatic carbocycles. The topological polar surface area (TPSA) is 78.6 Å². The fourth-order valence-corrected chi connectivity index (χ4v) is 2.97. The zero-order valence-corrected chi connectivity index (χ0v) is 12.4. The van der Waals surface area contributed by atoms with E-state index in [9.17, 15) is 15.2 Å². The summed E-state index contributed by atoms with van der Waals surface area (Å²) in [5.41, 5.74) is 1.26. The van der Waals surface area contributed by atoms with E-state index in [2.05, 4.69) is 5.32 Å². The van der Waals surface area contributed by atoms with Crippen molar-refractivity contribution >= 4 is 17.1 Å². The van der Waals surface area contributed by atoms with Crippen molar-refractivity contribution in [2.45, 2.75) is 38.6 Å². The average Bonchev–Trinajstić information content (AvgIpc) is 2.72. The Balaban J connectivity index is 2.45. The van der Waals surface area contributed by atoms with Gasteiger partial charge in [0.2, 0.25) is 0 Å². The van der Waals surface area contributed by atoms with Crippen LogP contribution in [0, 0.1) is 10.1 Å². The molecule has 1 fully saturated rings. The van der Waals surface area contributed by atoms with Crippen LogP contribution in [0.3, 0.4) is 0 Å². The number of hydrogen-bond donors (Lipinski definition) is 2. The third-order valence-corrected chi connectivity index (χ3v) is 3.96. The molecule has 0 radical (unpaired) electrons. The van der Waals surface area contributed by atoms with Crippen LogP contribution in [0.5, 0.6) is 0 Å². The molecule has 1 unspecified atom stereocenters. The molecule has 2 rings (SSSR count). The van der Waals surface area contributed by atoms with E-state index in [4.69, 9.17) is 0 Å². The molecule has 6 nitrogen and oxygen atoms in total. The number of hydrogen-bond acceptors (Lipinski definition) is 5. The minimum absolute atomic E-state index is 0.0303. The molecule has 1 aromatic carbocycles. The largest absolute Gasteiger partial charge is 0.394 e. The van der Waals surface area contributed by atoms with Gasteiger partial charge in [-0.1, -0.05) is 18.9 Å². The summed E-state index contributed by atoms with van der Waals surface area (Å²) in [6.07, 6.45) is 4.04. The van der Waals surface area contributed by atoms with Gasteiger partial charge in [-0.2, -0.15) is 0 Å². The van der Waals surface area contributed by atoms with Gasteiger partial charge in [-0.3, -0.25) is 10.1 Å². The van der Waals surface area contributed by atoms with Gasteiger partial charge in [0.25, 0.3) is 0 Å². The fourth-order valence-electron chi connectivity index (χ4n) is 2.97. The predicted molar refractivity (Wildman–Crippen MR) is 83.9 cm³/mol. The number of rotatable bonds is 5. The molecular formula is C15H23N3O3. The van der Waals surface area contributed by atoms with Gasteiger partial charge < -0.3 is 15.3 Å². The van der Waals surface area contributed by atoms with Gasteiger partial charge in [0.05, 0.1) is 17.6 Å². The molecule has 1 aromatic rings. The Morgan fingerprint density at radius 2 is 2.24 bits per heavy atom. The maximum absolute atomic E-state index is 11.5. The SMILES string of the molecule is CCNc1cccc(N2CCCCCC2CO)c1[N+](=O)[O-]. The molecule has 21 heavy (non-hydrogen) atoms. The molecule has 1 atom stereocenters. The Morgan fingerprint density at radius 3 is 2.90 bits per heavy atom. The molecular weight excluding hydrogens is 270 g/mol. The maximum Gasteiger partial charge on any atom is 0.315 e. The number of anilines is 2. The van der Waals surface area contributed by atoms with Crippen LogP contribution in [0.4, 0.5) is 17.1 Å². The molecule has 1 aliphatic heterocycles. The van der Waals surface area contributed by atoms with Gasteiger partial charge in [-0.05, 0) is 31.9 Å². The summed E-state index contributed by atoms with van der Waals surface area (Å²) >= 11 is 0. The number of benzene rings is 1. The Hall–Kier alpha value is -1.82. The predicted octanol–water partition coefficient (Wildman–Crippen LogP) is 2.77. The summed E-state index contributed by atoms with van der Waals surface area (Å²) in [5.74, 6) is 0. The van der Waals surface area contributed by atoms with E-state index in [0.29, 0.717) is 17.9 Å². The van der Waals surface area contributed by atoms with Crippen molar-refractivity contribution in [1.82, 2.24) is 0 Å². The standard InChI is InChI=1S/C15H23N3O3/c1-2-16-13-8-6-9-14(15(13)18(20)21)17-10-5-3-4-7-12(17)11-19/h6,8-9,12,16,19H,2-5,7,10-11H2,1H3. The first kappa shape index (κ1) is 15.6. The minimum atomic E-state index is -0.327. The van der Waals surface area contributed by atoms with Gasteiger partial charge in [0, 0.05) is 13.1 Å². The molecule has 2 N–H and O–H groups in total. The first-order valence-electron chi connectivity index (χ1n) is 7.57. The van der Waals surface area contributed by atoms with Crippen LogP contribution in [0.1, 0.15) is 32.6 Å². The monoisotopic (exact) mass is 293 g/mol. The first-order chi connectivity index (χ1) is 10.2. The van der Waals surface area contributed by atoms with E-state index < -0.39 is 0 Å². The quantitative estimate of drug-likeness (QED) is 0.644. The van der Waals surface area contributed by atoms with Gasteiger partial charge in [-0.15, -0.1) is 0 Å². The Bertz CT molecular complexity index is 493. The molecule has 0 bridgehead atoms. The van der Waals surface area contributed by atoms with Crippen molar-refractivity contribution in [2.24, 2.45) is 0 Å². The normalized spacial score (nSPS) is 19.1. The van der Waals surface area contributed by atoms with Crippen LogP contribution in [-0.2, 0) is 0 Å². The van der Waals surface area contributed by atoms with Crippen molar-refractivity contribution in [1.29, 1.82) is 0 Å². The highest BCUT2D eigenvalue weighted by molar-refractivity contribution is 5.77. The van der Waals surface area contributed by atoms with E-state index in [-0.39, 0.29) is 23.3 Å². The van der Waals surface area contributed by atoms with Gasteiger partial charge >= 0.3 is 5.69 Å². The number of nitro groups is 1. The lowest BCUT2D eigenvalue weighted by atomic mass is 10.1. The Labute approximate surface area is 124 Å². The summed E-state index contributed by atoms with van der Waals surface area (Å²) in [5, 5.41) is 24.2. The van der Waals surface area contributed by atoms with Crippen LogP contribution in [0.15, 0.2) is 18.2 Å². The summed E-state index contributed by atoms with van der Waals surface area (Å²) < 4.78 is 0. The number of aliphatic hydroxyl groups excluding tert-OH is 1. The minimum Gasteiger partial charge on any atom is -0.394 e. The molecule has 0 aromatic heterocycles. The Kier molecular flexibility index (Phi) is 5.38. The second-order valence-electron chi connectivity index (χ2n) is 5.34. The van der Waals surface area contributed by atoms with Crippen LogP contribution in [-0.4, -0.2) is 35.8 Å². The van der Waals surface area contributed by atoms with Crippen molar-refractivity contribution < 1.29 is 10.0 Å². The smallest absolute Gasteiger partial charge is 0.315 e. The first-order valence-corrected chi connectivity index (χ1v) is 7.57. The summed E-state index contributed by atoms with van der Waals surface area (Å²) in [4.78, 5) is 13.2. The lowest BCUT2D eigenvalue weighted by Gasteiger charge is -2.30. The van der Waals surface area contributed by atoms with Crippen molar-refractivity contribution in [2.75, 3.05) is 29.9 Å². The van der Waals surface area contributed by atoms with Gasteiger partial charge in [-0.25, -0.2) is 0 Å². The summed E-state index contributed by atoms with van der Waals surface area (Å²) in [6.45, 7) is 3.33. The highest BCUT2D eigenvalue weighted by atomic mass is 16.6. The summed E-state index contributed by atoms with van der Waals surface area (Å²) in [7, 11) is 0. The second-order valence-corrected chi connectivity index (χ2v) is 5.34. The molecule has 1 aliphatic rings. The lowest BCUT2D eigenvalue weighted by Crippen LogP contribution is -2.38. The van der Waals surface area contributed by atoms with Gasteiger partial charge in [0.15, 0.2) is 0 Å². The van der Waals surface area contributed by atoms with E-state index in [0.717, 1.165) is 32.2 Å². The van der Waals surface area contributed by atoms with Crippen LogP contribution in [0.2, 0.25) is 0 Å².